The summed E-state index contributed by atoms with van der Waals surface area (Å²) in [6.07, 6.45) is 1.03. The van der Waals surface area contributed by atoms with Crippen molar-refractivity contribution < 1.29 is 4.79 Å². The van der Waals surface area contributed by atoms with Gasteiger partial charge >= 0.3 is 0 Å². The van der Waals surface area contributed by atoms with E-state index in [-0.39, 0.29) is 5.91 Å². The average molecular weight is 411 g/mol. The first-order valence-electron chi connectivity index (χ1n) is 10.8. The number of nitrogens with zero attached hydrogens (tertiary/aromatic N) is 2. The van der Waals surface area contributed by atoms with Crippen molar-refractivity contribution in [3.05, 3.63) is 89.0 Å². The van der Waals surface area contributed by atoms with Crippen LogP contribution >= 0.6 is 0 Å². The van der Waals surface area contributed by atoms with Crippen molar-refractivity contribution in [3.8, 4) is 11.4 Å². The predicted octanol–water partition coefficient (Wildman–Crippen LogP) is 4.09. The SMILES string of the molecule is Cc1ccc(CCNCc2ccc(-c3nc4cccc5c4n3CCNC5=O)cc2)cc1. The Kier molecular flexibility index (Phi) is 5.26. The fourth-order valence-corrected chi connectivity index (χ4v) is 4.18. The number of imidazole rings is 1. The Morgan fingerprint density at radius 2 is 1.77 bits per heavy atom. The Bertz CT molecular complexity index is 1220. The zero-order chi connectivity index (χ0) is 21.2. The molecule has 0 aliphatic carbocycles. The molecule has 5 heteroatoms. The minimum absolute atomic E-state index is 0.0251. The number of aryl methyl sites for hydroxylation is 1. The Labute approximate surface area is 182 Å². The Balaban J connectivity index is 1.29. The van der Waals surface area contributed by atoms with Gasteiger partial charge in [0.2, 0.25) is 0 Å². The number of para-hydroxylation sites is 1. The van der Waals surface area contributed by atoms with E-state index in [0.29, 0.717) is 12.1 Å². The molecule has 31 heavy (non-hydrogen) atoms. The summed E-state index contributed by atoms with van der Waals surface area (Å²) in [5.74, 6) is 0.890. The molecule has 156 valence electrons. The summed E-state index contributed by atoms with van der Waals surface area (Å²) in [6.45, 7) is 5.23. The molecule has 4 aromatic rings. The number of benzene rings is 3. The van der Waals surface area contributed by atoms with Gasteiger partial charge in [0.1, 0.15) is 5.82 Å². The van der Waals surface area contributed by atoms with Crippen molar-refractivity contribution in [3.63, 3.8) is 0 Å². The molecule has 0 saturated carbocycles. The second-order valence-electron chi connectivity index (χ2n) is 8.13. The van der Waals surface area contributed by atoms with Gasteiger partial charge < -0.3 is 15.2 Å². The molecule has 0 fully saturated rings. The van der Waals surface area contributed by atoms with E-state index in [9.17, 15) is 4.79 Å². The molecule has 0 atom stereocenters. The number of rotatable bonds is 6. The zero-order valence-electron chi connectivity index (χ0n) is 17.7. The van der Waals surface area contributed by atoms with Crippen LogP contribution in [0.2, 0.25) is 0 Å². The van der Waals surface area contributed by atoms with E-state index in [4.69, 9.17) is 4.98 Å². The van der Waals surface area contributed by atoms with Crippen LogP contribution < -0.4 is 10.6 Å². The Morgan fingerprint density at radius 3 is 2.58 bits per heavy atom. The molecule has 0 spiro atoms. The average Bonchev–Trinajstić information content (AvgIpc) is 3.07. The highest BCUT2D eigenvalue weighted by molar-refractivity contribution is 6.06. The van der Waals surface area contributed by atoms with Crippen LogP contribution in [0.25, 0.3) is 22.4 Å². The number of amides is 1. The molecule has 1 aliphatic rings. The molecule has 1 aliphatic heterocycles. The third-order valence-corrected chi connectivity index (χ3v) is 5.88. The fraction of sp³-hybridized carbons (Fsp3) is 0.231. The van der Waals surface area contributed by atoms with Crippen molar-refractivity contribution in [2.24, 2.45) is 0 Å². The second kappa shape index (κ2) is 8.36. The second-order valence-corrected chi connectivity index (χ2v) is 8.13. The van der Waals surface area contributed by atoms with E-state index < -0.39 is 0 Å². The van der Waals surface area contributed by atoms with Crippen molar-refractivity contribution in [1.82, 2.24) is 20.2 Å². The van der Waals surface area contributed by atoms with Crippen LogP contribution in [0.3, 0.4) is 0 Å². The largest absolute Gasteiger partial charge is 0.350 e. The Morgan fingerprint density at radius 1 is 1.00 bits per heavy atom. The van der Waals surface area contributed by atoms with Crippen LogP contribution in [0.1, 0.15) is 27.0 Å². The number of nitrogens with one attached hydrogen (secondary N) is 2. The van der Waals surface area contributed by atoms with Gasteiger partial charge in [-0.25, -0.2) is 4.98 Å². The lowest BCUT2D eigenvalue weighted by atomic mass is 10.1. The third-order valence-electron chi connectivity index (χ3n) is 5.88. The van der Waals surface area contributed by atoms with Gasteiger partial charge in [0.05, 0.1) is 16.6 Å². The molecule has 0 unspecified atom stereocenters. The normalized spacial score (nSPS) is 13.3. The van der Waals surface area contributed by atoms with E-state index in [1.807, 2.05) is 18.2 Å². The van der Waals surface area contributed by atoms with Gasteiger partial charge in [-0.15, -0.1) is 0 Å². The molecule has 5 nitrogen and oxygen atoms in total. The quantitative estimate of drug-likeness (QED) is 0.471. The zero-order valence-corrected chi connectivity index (χ0v) is 17.7. The van der Waals surface area contributed by atoms with Crippen LogP contribution in [0.5, 0.6) is 0 Å². The van der Waals surface area contributed by atoms with Crippen LogP contribution in [0.4, 0.5) is 0 Å². The van der Waals surface area contributed by atoms with Crippen LogP contribution in [-0.4, -0.2) is 28.5 Å². The molecule has 3 aromatic carbocycles. The summed E-state index contributed by atoms with van der Waals surface area (Å²) >= 11 is 0. The minimum Gasteiger partial charge on any atom is -0.350 e. The van der Waals surface area contributed by atoms with Gasteiger partial charge in [-0.2, -0.15) is 0 Å². The highest BCUT2D eigenvalue weighted by Gasteiger charge is 2.21. The van der Waals surface area contributed by atoms with Gasteiger partial charge in [-0.3, -0.25) is 4.79 Å². The first-order chi connectivity index (χ1) is 15.2. The van der Waals surface area contributed by atoms with Gasteiger partial charge in [0.25, 0.3) is 5.91 Å². The smallest absolute Gasteiger partial charge is 0.253 e. The van der Waals surface area contributed by atoms with Crippen molar-refractivity contribution in [2.75, 3.05) is 13.1 Å². The molecule has 0 bridgehead atoms. The van der Waals surface area contributed by atoms with Crippen molar-refractivity contribution in [1.29, 1.82) is 0 Å². The number of aromatic nitrogens is 2. The van der Waals surface area contributed by atoms with Gasteiger partial charge in [-0.1, -0.05) is 60.2 Å². The topological polar surface area (TPSA) is 59.0 Å². The van der Waals surface area contributed by atoms with Gasteiger partial charge in [0.15, 0.2) is 0 Å². The van der Waals surface area contributed by atoms with Crippen LogP contribution in [0, 0.1) is 6.92 Å². The number of hydrogen-bond donors (Lipinski definition) is 2. The molecule has 0 saturated heterocycles. The Hall–Kier alpha value is -3.44. The summed E-state index contributed by atoms with van der Waals surface area (Å²) in [6, 6.07) is 23.0. The summed E-state index contributed by atoms with van der Waals surface area (Å²) < 4.78 is 2.16. The minimum atomic E-state index is -0.0251. The molecular weight excluding hydrogens is 384 g/mol. The van der Waals surface area contributed by atoms with E-state index in [1.165, 1.54) is 16.7 Å². The fourth-order valence-electron chi connectivity index (χ4n) is 4.18. The highest BCUT2D eigenvalue weighted by Crippen LogP contribution is 2.28. The number of carbonyl (C=O) groups excluding carboxylic acids is 1. The van der Waals surface area contributed by atoms with Crippen LogP contribution in [-0.2, 0) is 19.5 Å². The van der Waals surface area contributed by atoms with E-state index >= 15 is 0 Å². The monoisotopic (exact) mass is 410 g/mol. The first-order valence-corrected chi connectivity index (χ1v) is 10.8. The molecule has 1 aromatic heterocycles. The van der Waals surface area contributed by atoms with E-state index in [2.05, 4.69) is 70.7 Å². The van der Waals surface area contributed by atoms with Crippen LogP contribution in [0.15, 0.2) is 66.7 Å². The van der Waals surface area contributed by atoms with E-state index in [0.717, 1.165) is 48.5 Å². The maximum absolute atomic E-state index is 12.4. The molecule has 1 amide bonds. The van der Waals surface area contributed by atoms with Gasteiger partial charge in [0, 0.05) is 25.2 Å². The summed E-state index contributed by atoms with van der Waals surface area (Å²) in [5, 5.41) is 6.50. The van der Waals surface area contributed by atoms with Gasteiger partial charge in [-0.05, 0) is 43.1 Å². The summed E-state index contributed by atoms with van der Waals surface area (Å²) in [7, 11) is 0. The highest BCUT2D eigenvalue weighted by atomic mass is 16.1. The standard InChI is InChI=1S/C26H26N4O/c1-18-5-7-19(8-6-18)13-14-27-17-20-9-11-21(12-10-20)25-29-23-4-2-3-22-24(23)30(25)16-15-28-26(22)31/h2-12,27H,13-17H2,1H3,(H,28,31). The maximum atomic E-state index is 12.4. The maximum Gasteiger partial charge on any atom is 0.253 e. The lowest BCUT2D eigenvalue weighted by Gasteiger charge is -2.09. The molecular formula is C26H26N4O. The molecule has 5 rings (SSSR count). The van der Waals surface area contributed by atoms with Crippen molar-refractivity contribution in [2.45, 2.75) is 26.4 Å². The lowest BCUT2D eigenvalue weighted by molar-refractivity contribution is 0.0956. The van der Waals surface area contributed by atoms with Crippen molar-refractivity contribution >= 4 is 16.9 Å². The molecule has 2 heterocycles. The number of carbonyl (C=O) groups is 1. The first kappa shape index (κ1) is 19.5. The third kappa shape index (κ3) is 3.97. The lowest BCUT2D eigenvalue weighted by Crippen LogP contribution is -2.24. The van der Waals surface area contributed by atoms with E-state index in [1.54, 1.807) is 0 Å². The molecule has 2 N–H and O–H groups in total. The number of hydrogen-bond acceptors (Lipinski definition) is 3. The summed E-state index contributed by atoms with van der Waals surface area (Å²) in [4.78, 5) is 17.2. The summed E-state index contributed by atoms with van der Waals surface area (Å²) in [5.41, 5.74) is 7.46. The predicted molar refractivity (Wildman–Crippen MR) is 124 cm³/mol. The molecule has 0 radical (unpaired) electrons.